The normalized spacial score (nSPS) is 15.5. The maximum absolute atomic E-state index is 13.9. The van der Waals surface area contributed by atoms with Crippen LogP contribution in [-0.4, -0.2) is 56.1 Å². The maximum Gasteiger partial charge on any atom is 0.411 e. The molecule has 0 radical (unpaired) electrons. The lowest BCUT2D eigenvalue weighted by Gasteiger charge is -2.23. The van der Waals surface area contributed by atoms with Crippen molar-refractivity contribution in [2.45, 2.75) is 42.3 Å². The highest BCUT2D eigenvalue weighted by Crippen LogP contribution is 2.51. The molecule has 2 aromatic carbocycles. The van der Waals surface area contributed by atoms with Crippen molar-refractivity contribution in [2.24, 2.45) is 0 Å². The molecule has 3 aromatic heterocycles. The van der Waals surface area contributed by atoms with Crippen LogP contribution in [-0.2, 0) is 9.84 Å². The molecular weight excluding hydrogens is 569 g/mol. The summed E-state index contributed by atoms with van der Waals surface area (Å²) in [6.07, 6.45) is -0.629. The van der Waals surface area contributed by atoms with Crippen molar-refractivity contribution < 1.29 is 21.6 Å². The van der Waals surface area contributed by atoms with Crippen LogP contribution in [0.15, 0.2) is 72.1 Å². The molecule has 10 nitrogen and oxygen atoms in total. The first-order chi connectivity index (χ1) is 19.8. The molecule has 0 amide bonds. The smallest absolute Gasteiger partial charge is 0.368 e. The lowest BCUT2D eigenvalue weighted by atomic mass is 9.91. The van der Waals surface area contributed by atoms with E-state index in [0.717, 1.165) is 17.5 Å². The van der Waals surface area contributed by atoms with Crippen molar-refractivity contribution in [3.8, 4) is 16.9 Å². The minimum absolute atomic E-state index is 0.0844. The molecule has 0 spiro atoms. The quantitative estimate of drug-likeness (QED) is 0.269. The van der Waals surface area contributed by atoms with Crippen molar-refractivity contribution in [1.29, 1.82) is 0 Å². The Bertz CT molecular complexity index is 1910. The largest absolute Gasteiger partial charge is 0.411 e. The number of sulfone groups is 1. The van der Waals surface area contributed by atoms with Crippen LogP contribution in [0.4, 0.5) is 24.9 Å². The average Bonchev–Trinajstić information content (AvgIpc) is 3.54. The Labute approximate surface area is 238 Å². The number of nitrogens with two attached hydrogens (primary N) is 1. The Morgan fingerprint density at radius 1 is 1.02 bits per heavy atom. The van der Waals surface area contributed by atoms with Crippen molar-refractivity contribution in [2.75, 3.05) is 17.3 Å². The summed E-state index contributed by atoms with van der Waals surface area (Å²) < 4.78 is 67.9. The summed E-state index contributed by atoms with van der Waals surface area (Å²) in [7, 11) is -3.53. The van der Waals surface area contributed by atoms with Crippen LogP contribution in [0.1, 0.15) is 36.8 Å². The predicted molar refractivity (Wildman–Crippen MR) is 151 cm³/mol. The molecule has 0 aliphatic heterocycles. The number of halogens is 3. The summed E-state index contributed by atoms with van der Waals surface area (Å²) in [6, 6.07) is 15.5. The summed E-state index contributed by atoms with van der Waals surface area (Å²) in [5.41, 5.74) is 7.40. The van der Waals surface area contributed by atoms with Gasteiger partial charge in [-0.1, -0.05) is 31.2 Å². The number of pyridine rings is 1. The third-order valence-corrected chi connectivity index (χ3v) is 8.56. The number of nitrogen functional groups attached to an aromatic ring is 1. The third-order valence-electron chi connectivity index (χ3n) is 7.45. The highest BCUT2D eigenvalue weighted by atomic mass is 32.2. The Morgan fingerprint density at radius 3 is 2.38 bits per heavy atom. The van der Waals surface area contributed by atoms with Crippen LogP contribution in [0.3, 0.4) is 0 Å². The molecule has 1 atom stereocenters. The van der Waals surface area contributed by atoms with Crippen molar-refractivity contribution >= 4 is 32.6 Å². The number of aromatic nitrogens is 6. The summed E-state index contributed by atoms with van der Waals surface area (Å²) in [5, 5.41) is 6.70. The molecule has 216 valence electrons. The fraction of sp³-hybridized carbons (Fsp3) is 0.250. The van der Waals surface area contributed by atoms with E-state index in [0.29, 0.717) is 22.3 Å². The van der Waals surface area contributed by atoms with E-state index in [2.05, 4.69) is 30.4 Å². The van der Waals surface area contributed by atoms with Gasteiger partial charge in [-0.05, 0) is 54.3 Å². The van der Waals surface area contributed by atoms with E-state index in [1.54, 1.807) is 29.2 Å². The summed E-state index contributed by atoms with van der Waals surface area (Å²) in [6.45, 7) is 1.93. The Morgan fingerprint density at radius 2 is 1.76 bits per heavy atom. The minimum Gasteiger partial charge on any atom is -0.368 e. The second-order valence-corrected chi connectivity index (χ2v) is 12.4. The first-order valence-corrected chi connectivity index (χ1v) is 14.8. The maximum atomic E-state index is 13.9. The molecule has 42 heavy (non-hydrogen) atoms. The lowest BCUT2D eigenvalue weighted by Crippen LogP contribution is -2.39. The van der Waals surface area contributed by atoms with Gasteiger partial charge in [0.1, 0.15) is 29.2 Å². The molecule has 3 heterocycles. The monoisotopic (exact) mass is 594 g/mol. The standard InChI is InChI=1S/C28H25F3N8O2S/c1-16(17-6-8-19(9-7-17)39-15-33-14-34-39)21-13-22(18-4-3-5-20(12-18)42(2,40)41)35-24-23(21)36-26(32)37-25(24)38-27(10-11-27)28(29,30)31/h3-9,12-16H,10-11H2,1-2H3,(H3,32,36,37,38)/t16-/m1/s1. The van der Waals surface area contributed by atoms with Gasteiger partial charge >= 0.3 is 6.18 Å². The molecule has 1 aliphatic carbocycles. The fourth-order valence-corrected chi connectivity index (χ4v) is 5.53. The minimum atomic E-state index is -4.51. The summed E-state index contributed by atoms with van der Waals surface area (Å²) in [4.78, 5) is 17.2. The zero-order chi connectivity index (χ0) is 29.9. The van der Waals surface area contributed by atoms with Crippen molar-refractivity contribution in [1.82, 2.24) is 29.7 Å². The highest BCUT2D eigenvalue weighted by Gasteiger charge is 2.64. The number of rotatable bonds is 7. The van der Waals surface area contributed by atoms with Gasteiger partial charge in [0.2, 0.25) is 5.95 Å². The number of alkyl halides is 3. The number of nitrogens with zero attached hydrogens (tertiary/aromatic N) is 6. The van der Waals surface area contributed by atoms with Gasteiger partial charge in [-0.15, -0.1) is 0 Å². The molecule has 0 unspecified atom stereocenters. The molecule has 1 fully saturated rings. The van der Waals surface area contributed by atoms with Gasteiger partial charge in [-0.25, -0.2) is 28.1 Å². The molecule has 1 saturated carbocycles. The number of benzene rings is 2. The molecular formula is C28H25F3N8O2S. The Balaban J connectivity index is 1.54. The topological polar surface area (TPSA) is 142 Å². The van der Waals surface area contributed by atoms with Gasteiger partial charge in [0, 0.05) is 17.7 Å². The van der Waals surface area contributed by atoms with Gasteiger partial charge in [0.05, 0.1) is 16.3 Å². The van der Waals surface area contributed by atoms with E-state index in [1.807, 2.05) is 31.2 Å². The molecule has 3 N–H and O–H groups in total. The van der Waals surface area contributed by atoms with E-state index >= 15 is 0 Å². The van der Waals surface area contributed by atoms with Gasteiger partial charge in [-0.3, -0.25) is 0 Å². The predicted octanol–water partition coefficient (Wildman–Crippen LogP) is 4.92. The zero-order valence-electron chi connectivity index (χ0n) is 22.5. The number of nitrogens with one attached hydrogen (secondary N) is 1. The molecule has 5 aromatic rings. The highest BCUT2D eigenvalue weighted by molar-refractivity contribution is 7.90. The van der Waals surface area contributed by atoms with Crippen LogP contribution in [0.25, 0.3) is 28.0 Å². The Hall–Kier alpha value is -4.59. The molecule has 0 bridgehead atoms. The van der Waals surface area contributed by atoms with Gasteiger partial charge < -0.3 is 11.1 Å². The van der Waals surface area contributed by atoms with E-state index < -0.39 is 21.6 Å². The summed E-state index contributed by atoms with van der Waals surface area (Å²) >= 11 is 0. The number of anilines is 2. The van der Waals surface area contributed by atoms with E-state index in [9.17, 15) is 21.6 Å². The molecule has 1 aliphatic rings. The lowest BCUT2D eigenvalue weighted by molar-refractivity contribution is -0.151. The van der Waals surface area contributed by atoms with E-state index in [1.165, 1.54) is 18.5 Å². The van der Waals surface area contributed by atoms with Gasteiger partial charge in [0.15, 0.2) is 15.7 Å². The third kappa shape index (κ3) is 5.02. The molecule has 6 rings (SSSR count). The van der Waals surface area contributed by atoms with Crippen molar-refractivity contribution in [3.63, 3.8) is 0 Å². The number of fused-ring (bicyclic) bond motifs is 1. The van der Waals surface area contributed by atoms with Crippen LogP contribution < -0.4 is 11.1 Å². The van der Waals surface area contributed by atoms with Crippen LogP contribution in [0.5, 0.6) is 0 Å². The van der Waals surface area contributed by atoms with E-state index in [-0.39, 0.29) is 40.9 Å². The number of hydrogen-bond donors (Lipinski definition) is 2. The second-order valence-electron chi connectivity index (χ2n) is 10.4. The van der Waals surface area contributed by atoms with Crippen LogP contribution in [0.2, 0.25) is 0 Å². The van der Waals surface area contributed by atoms with Crippen molar-refractivity contribution in [3.05, 3.63) is 78.4 Å². The van der Waals surface area contributed by atoms with Gasteiger partial charge in [0.25, 0.3) is 0 Å². The zero-order valence-corrected chi connectivity index (χ0v) is 23.3. The molecule has 0 saturated heterocycles. The fourth-order valence-electron chi connectivity index (χ4n) is 4.87. The van der Waals surface area contributed by atoms with Crippen LogP contribution in [0, 0.1) is 0 Å². The average molecular weight is 595 g/mol. The Kier molecular flexibility index (Phi) is 6.40. The first-order valence-electron chi connectivity index (χ1n) is 12.9. The van der Waals surface area contributed by atoms with Crippen LogP contribution >= 0.6 is 0 Å². The molecule has 14 heteroatoms. The summed E-state index contributed by atoms with van der Waals surface area (Å²) in [5.74, 6) is -0.660. The van der Waals surface area contributed by atoms with E-state index in [4.69, 9.17) is 5.73 Å². The first kappa shape index (κ1) is 27.6. The second kappa shape index (κ2) is 9.76. The van der Waals surface area contributed by atoms with Gasteiger partial charge in [-0.2, -0.15) is 23.3 Å². The number of hydrogen-bond acceptors (Lipinski definition) is 9. The SMILES string of the molecule is C[C@H](c1ccc(-n2cncn2)cc1)c1cc(-c2cccc(S(C)(=O)=O)c2)nc2c(NC3(C(F)(F)F)CC3)nc(N)nc12.